The molecule has 0 aliphatic carbocycles. The van der Waals surface area contributed by atoms with Crippen LogP contribution in [0.1, 0.15) is 19.8 Å². The molecule has 0 saturated heterocycles. The van der Waals surface area contributed by atoms with Crippen LogP contribution in [0.25, 0.3) is 0 Å². The normalized spacial score (nSPS) is 9.83. The van der Waals surface area contributed by atoms with E-state index in [1.165, 1.54) is 12.1 Å². The Labute approximate surface area is 106 Å². The molecule has 0 spiro atoms. The van der Waals surface area contributed by atoms with Crippen LogP contribution in [0.15, 0.2) is 24.3 Å². The number of non-ortho nitro benzene ring substituents is 1. The van der Waals surface area contributed by atoms with Crippen LogP contribution in [0.3, 0.4) is 0 Å². The molecular weight excluding hydrogens is 234 g/mol. The Morgan fingerprint density at radius 2 is 2.17 bits per heavy atom. The van der Waals surface area contributed by atoms with Gasteiger partial charge in [0, 0.05) is 37.3 Å². The van der Waals surface area contributed by atoms with E-state index < -0.39 is 4.92 Å². The van der Waals surface area contributed by atoms with Crippen molar-refractivity contribution in [2.45, 2.75) is 19.8 Å². The largest absolute Gasteiger partial charge is 0.384 e. The maximum atomic E-state index is 11.3. The van der Waals surface area contributed by atoms with Gasteiger partial charge in [-0.3, -0.25) is 14.9 Å². The van der Waals surface area contributed by atoms with E-state index in [0.717, 1.165) is 6.42 Å². The number of nitrogens with zero attached hydrogens (tertiary/aromatic N) is 1. The molecule has 1 amide bonds. The molecular formula is C12H17N3O3. The highest BCUT2D eigenvalue weighted by atomic mass is 16.6. The van der Waals surface area contributed by atoms with Gasteiger partial charge in [-0.25, -0.2) is 0 Å². The molecule has 0 atom stereocenters. The number of nitro groups is 1. The van der Waals surface area contributed by atoms with Gasteiger partial charge in [0.2, 0.25) is 5.91 Å². The lowest BCUT2D eigenvalue weighted by Gasteiger charge is -2.06. The molecule has 2 N–H and O–H groups in total. The first-order chi connectivity index (χ1) is 8.63. The average molecular weight is 251 g/mol. The molecule has 0 aromatic heterocycles. The maximum absolute atomic E-state index is 11.3. The van der Waals surface area contributed by atoms with Crippen molar-refractivity contribution in [1.29, 1.82) is 0 Å². The Morgan fingerprint density at radius 1 is 1.39 bits per heavy atom. The molecule has 0 heterocycles. The second kappa shape index (κ2) is 7.26. The van der Waals surface area contributed by atoms with Crippen LogP contribution in [-0.4, -0.2) is 23.9 Å². The summed E-state index contributed by atoms with van der Waals surface area (Å²) in [6.45, 7) is 3.12. The standard InChI is InChI=1S/C12H17N3O3/c1-2-7-14-12(16)6-8-13-10-4-3-5-11(9-10)15(17)18/h3-5,9,13H,2,6-8H2,1H3,(H,14,16). The third-order valence-corrected chi connectivity index (χ3v) is 2.31. The van der Waals surface area contributed by atoms with Crippen molar-refractivity contribution in [3.63, 3.8) is 0 Å². The van der Waals surface area contributed by atoms with Gasteiger partial charge in [0.1, 0.15) is 0 Å². The number of hydrogen-bond acceptors (Lipinski definition) is 4. The topological polar surface area (TPSA) is 84.3 Å². The predicted molar refractivity (Wildman–Crippen MR) is 69.5 cm³/mol. The van der Waals surface area contributed by atoms with E-state index >= 15 is 0 Å². The highest BCUT2D eigenvalue weighted by molar-refractivity contribution is 5.76. The molecule has 1 aromatic carbocycles. The molecule has 0 saturated carbocycles. The quantitative estimate of drug-likeness (QED) is 0.572. The zero-order valence-electron chi connectivity index (χ0n) is 10.3. The number of nitrogens with one attached hydrogen (secondary N) is 2. The molecule has 1 aromatic rings. The fourth-order valence-electron chi connectivity index (χ4n) is 1.40. The van der Waals surface area contributed by atoms with Crippen LogP contribution in [0.5, 0.6) is 0 Å². The molecule has 0 unspecified atom stereocenters. The fourth-order valence-corrected chi connectivity index (χ4v) is 1.40. The molecule has 0 fully saturated rings. The van der Waals surface area contributed by atoms with Crippen LogP contribution in [0.2, 0.25) is 0 Å². The third kappa shape index (κ3) is 4.82. The lowest BCUT2D eigenvalue weighted by molar-refractivity contribution is -0.384. The second-order valence-corrected chi connectivity index (χ2v) is 3.83. The summed E-state index contributed by atoms with van der Waals surface area (Å²) in [6.07, 6.45) is 1.26. The minimum absolute atomic E-state index is 0.0187. The minimum Gasteiger partial charge on any atom is -0.384 e. The van der Waals surface area contributed by atoms with Gasteiger partial charge in [0.15, 0.2) is 0 Å². The van der Waals surface area contributed by atoms with Gasteiger partial charge in [-0.15, -0.1) is 0 Å². The van der Waals surface area contributed by atoms with Crippen molar-refractivity contribution in [2.75, 3.05) is 18.4 Å². The first-order valence-corrected chi connectivity index (χ1v) is 5.88. The van der Waals surface area contributed by atoms with Crippen molar-refractivity contribution in [2.24, 2.45) is 0 Å². The highest BCUT2D eigenvalue weighted by Crippen LogP contribution is 2.16. The number of anilines is 1. The van der Waals surface area contributed by atoms with Crippen molar-refractivity contribution >= 4 is 17.3 Å². The number of amides is 1. The van der Waals surface area contributed by atoms with E-state index in [4.69, 9.17) is 0 Å². The van der Waals surface area contributed by atoms with Crippen LogP contribution in [0.4, 0.5) is 11.4 Å². The summed E-state index contributed by atoms with van der Waals surface area (Å²) >= 11 is 0. The number of rotatable bonds is 7. The molecule has 0 radical (unpaired) electrons. The van der Waals surface area contributed by atoms with Gasteiger partial charge < -0.3 is 10.6 Å². The molecule has 0 aliphatic heterocycles. The summed E-state index contributed by atoms with van der Waals surface area (Å²) in [5.74, 6) is -0.0187. The summed E-state index contributed by atoms with van der Waals surface area (Å²) in [5.41, 5.74) is 0.683. The highest BCUT2D eigenvalue weighted by Gasteiger charge is 2.05. The predicted octanol–water partition coefficient (Wildman–Crippen LogP) is 1.92. The second-order valence-electron chi connectivity index (χ2n) is 3.83. The van der Waals surface area contributed by atoms with Crippen molar-refractivity contribution in [3.8, 4) is 0 Å². The first-order valence-electron chi connectivity index (χ1n) is 5.88. The summed E-state index contributed by atoms with van der Waals surface area (Å²) in [7, 11) is 0. The van der Waals surface area contributed by atoms with Gasteiger partial charge >= 0.3 is 0 Å². The van der Waals surface area contributed by atoms with Crippen molar-refractivity contribution < 1.29 is 9.72 Å². The fraction of sp³-hybridized carbons (Fsp3) is 0.417. The third-order valence-electron chi connectivity index (χ3n) is 2.31. The molecule has 1 rings (SSSR count). The summed E-state index contributed by atoms with van der Waals surface area (Å²) in [5, 5.41) is 16.3. The van der Waals surface area contributed by atoms with E-state index in [1.54, 1.807) is 12.1 Å². The Hall–Kier alpha value is -2.11. The van der Waals surface area contributed by atoms with E-state index in [2.05, 4.69) is 10.6 Å². The Balaban J connectivity index is 2.37. The molecule has 0 bridgehead atoms. The summed E-state index contributed by atoms with van der Waals surface area (Å²) < 4.78 is 0. The number of carbonyl (C=O) groups excluding carboxylic acids is 1. The summed E-state index contributed by atoms with van der Waals surface area (Å²) in [4.78, 5) is 21.4. The van der Waals surface area contributed by atoms with E-state index in [1.807, 2.05) is 6.92 Å². The molecule has 98 valence electrons. The van der Waals surface area contributed by atoms with Crippen LogP contribution in [0, 0.1) is 10.1 Å². The molecule has 6 nitrogen and oxygen atoms in total. The van der Waals surface area contributed by atoms with Crippen molar-refractivity contribution in [3.05, 3.63) is 34.4 Å². The Kier molecular flexibility index (Phi) is 5.63. The van der Waals surface area contributed by atoms with Crippen LogP contribution >= 0.6 is 0 Å². The average Bonchev–Trinajstić information content (AvgIpc) is 2.36. The zero-order valence-corrected chi connectivity index (χ0v) is 10.3. The van der Waals surface area contributed by atoms with Gasteiger partial charge in [0.05, 0.1) is 4.92 Å². The molecule has 6 heteroatoms. The summed E-state index contributed by atoms with van der Waals surface area (Å²) in [6, 6.07) is 6.22. The van der Waals surface area contributed by atoms with E-state index in [0.29, 0.717) is 25.2 Å². The van der Waals surface area contributed by atoms with E-state index in [9.17, 15) is 14.9 Å². The van der Waals surface area contributed by atoms with Crippen LogP contribution in [-0.2, 0) is 4.79 Å². The lowest BCUT2D eigenvalue weighted by atomic mass is 10.2. The van der Waals surface area contributed by atoms with Gasteiger partial charge in [0.25, 0.3) is 5.69 Å². The molecule has 0 aliphatic rings. The number of carbonyl (C=O) groups is 1. The number of hydrogen-bond donors (Lipinski definition) is 2. The number of benzene rings is 1. The molecule has 18 heavy (non-hydrogen) atoms. The monoisotopic (exact) mass is 251 g/mol. The zero-order chi connectivity index (χ0) is 13.4. The Morgan fingerprint density at radius 3 is 2.83 bits per heavy atom. The Bertz CT molecular complexity index is 421. The SMILES string of the molecule is CCCNC(=O)CCNc1cccc([N+](=O)[O-])c1. The van der Waals surface area contributed by atoms with Gasteiger partial charge in [-0.1, -0.05) is 13.0 Å². The van der Waals surface area contributed by atoms with Crippen molar-refractivity contribution in [1.82, 2.24) is 5.32 Å². The van der Waals surface area contributed by atoms with Gasteiger partial charge in [-0.2, -0.15) is 0 Å². The first kappa shape index (κ1) is 14.0. The van der Waals surface area contributed by atoms with Gasteiger partial charge in [-0.05, 0) is 12.5 Å². The smallest absolute Gasteiger partial charge is 0.271 e. The lowest BCUT2D eigenvalue weighted by Crippen LogP contribution is -2.25. The minimum atomic E-state index is -0.445. The number of nitro benzene ring substituents is 1. The van der Waals surface area contributed by atoms with E-state index in [-0.39, 0.29) is 11.6 Å². The van der Waals surface area contributed by atoms with Crippen LogP contribution < -0.4 is 10.6 Å². The maximum Gasteiger partial charge on any atom is 0.271 e.